The Kier molecular flexibility index (Phi) is 6.61. The molecule has 0 atom stereocenters. The summed E-state index contributed by atoms with van der Waals surface area (Å²) in [5, 5.41) is 21.3. The number of nitrogens with zero attached hydrogens (tertiary/aromatic N) is 2. The van der Waals surface area contributed by atoms with Crippen molar-refractivity contribution in [1.29, 1.82) is 5.26 Å². The van der Waals surface area contributed by atoms with Gasteiger partial charge in [0.15, 0.2) is 0 Å². The van der Waals surface area contributed by atoms with Crippen LogP contribution in [0.5, 0.6) is 5.75 Å². The first kappa shape index (κ1) is 18.1. The van der Waals surface area contributed by atoms with E-state index in [1.807, 2.05) is 48.2 Å². The molecule has 0 bridgehead atoms. The number of carbonyl (C=O) groups excluding carboxylic acids is 1. The van der Waals surface area contributed by atoms with Gasteiger partial charge in [0, 0.05) is 25.0 Å². The maximum absolute atomic E-state index is 12.2. The molecule has 0 unspecified atom stereocenters. The van der Waals surface area contributed by atoms with Gasteiger partial charge in [-0.15, -0.1) is 0 Å². The highest BCUT2D eigenvalue weighted by molar-refractivity contribution is 5.97. The van der Waals surface area contributed by atoms with Crippen molar-refractivity contribution in [2.75, 3.05) is 18.0 Å². The molecule has 0 radical (unpaired) electrons. The molecule has 0 heterocycles. The molecular weight excluding hydrogens is 314 g/mol. The fraction of sp³-hybridized carbons (Fsp3) is 0.200. The minimum Gasteiger partial charge on any atom is -0.508 e. The van der Waals surface area contributed by atoms with Gasteiger partial charge in [-0.05, 0) is 43.2 Å². The highest BCUT2D eigenvalue weighted by Gasteiger charge is 2.11. The number of nitriles is 1. The van der Waals surface area contributed by atoms with Crippen LogP contribution in [0.3, 0.4) is 0 Å². The number of nitrogens with one attached hydrogen (secondary N) is 1. The van der Waals surface area contributed by atoms with E-state index in [-0.39, 0.29) is 11.3 Å². The Balaban J connectivity index is 1.97. The number of aromatic hydroxyl groups is 1. The van der Waals surface area contributed by atoms with Crippen LogP contribution in [0.2, 0.25) is 0 Å². The molecule has 5 heteroatoms. The van der Waals surface area contributed by atoms with Gasteiger partial charge in [-0.2, -0.15) is 5.26 Å². The molecule has 0 aliphatic carbocycles. The molecule has 5 nitrogen and oxygen atoms in total. The lowest BCUT2D eigenvalue weighted by Crippen LogP contribution is -2.28. The molecule has 25 heavy (non-hydrogen) atoms. The number of hydrogen-bond acceptors (Lipinski definition) is 4. The Labute approximate surface area is 147 Å². The summed E-state index contributed by atoms with van der Waals surface area (Å²) in [6.45, 7) is 3.03. The van der Waals surface area contributed by atoms with Gasteiger partial charge in [0.1, 0.15) is 17.4 Å². The standard InChI is InChI=1S/C20H21N3O2/c1-2-23(18-6-4-3-5-7-18)15-17(14-21)20(25)22-13-12-16-8-10-19(24)11-9-16/h3-11,15,24H,2,12-13H2,1H3,(H,22,25)/b17-15-. The zero-order valence-electron chi connectivity index (χ0n) is 14.1. The largest absolute Gasteiger partial charge is 0.508 e. The van der Waals surface area contributed by atoms with Gasteiger partial charge in [0.25, 0.3) is 5.91 Å². The van der Waals surface area contributed by atoms with Crippen LogP contribution in [-0.2, 0) is 11.2 Å². The van der Waals surface area contributed by atoms with E-state index in [0.29, 0.717) is 19.5 Å². The summed E-state index contributed by atoms with van der Waals surface area (Å²) < 4.78 is 0. The van der Waals surface area contributed by atoms with E-state index in [0.717, 1.165) is 11.3 Å². The monoisotopic (exact) mass is 335 g/mol. The van der Waals surface area contributed by atoms with Crippen LogP contribution >= 0.6 is 0 Å². The van der Waals surface area contributed by atoms with Crippen molar-refractivity contribution in [3.05, 3.63) is 71.9 Å². The lowest BCUT2D eigenvalue weighted by atomic mass is 10.1. The van der Waals surface area contributed by atoms with Crippen molar-refractivity contribution in [2.45, 2.75) is 13.3 Å². The molecule has 2 N–H and O–H groups in total. The van der Waals surface area contributed by atoms with E-state index in [9.17, 15) is 15.2 Å². The Morgan fingerprint density at radius 2 is 1.88 bits per heavy atom. The third kappa shape index (κ3) is 5.40. The molecule has 0 aromatic heterocycles. The minimum atomic E-state index is -0.393. The number of para-hydroxylation sites is 1. The second-order valence-corrected chi connectivity index (χ2v) is 5.45. The van der Waals surface area contributed by atoms with Gasteiger partial charge in [0.05, 0.1) is 0 Å². The Hall–Kier alpha value is -3.26. The van der Waals surface area contributed by atoms with Gasteiger partial charge in [-0.1, -0.05) is 30.3 Å². The van der Waals surface area contributed by atoms with Crippen molar-refractivity contribution in [2.24, 2.45) is 0 Å². The summed E-state index contributed by atoms with van der Waals surface area (Å²) in [5.41, 5.74) is 1.99. The summed E-state index contributed by atoms with van der Waals surface area (Å²) >= 11 is 0. The first-order valence-corrected chi connectivity index (χ1v) is 8.13. The summed E-state index contributed by atoms with van der Waals surface area (Å²) in [7, 11) is 0. The normalized spacial score (nSPS) is 10.8. The first-order valence-electron chi connectivity index (χ1n) is 8.13. The smallest absolute Gasteiger partial charge is 0.263 e. The number of hydrogen-bond donors (Lipinski definition) is 2. The maximum atomic E-state index is 12.2. The van der Waals surface area contributed by atoms with Crippen molar-refractivity contribution in [3.8, 4) is 11.8 Å². The summed E-state index contributed by atoms with van der Waals surface area (Å²) in [6, 6.07) is 18.4. The number of anilines is 1. The molecule has 1 amide bonds. The van der Waals surface area contributed by atoms with E-state index in [1.54, 1.807) is 30.5 Å². The van der Waals surface area contributed by atoms with Crippen LogP contribution in [0, 0.1) is 11.3 Å². The number of benzene rings is 2. The van der Waals surface area contributed by atoms with Gasteiger partial charge >= 0.3 is 0 Å². The van der Waals surface area contributed by atoms with Crippen LogP contribution < -0.4 is 10.2 Å². The average Bonchev–Trinajstić information content (AvgIpc) is 2.65. The molecule has 2 aromatic rings. The second-order valence-electron chi connectivity index (χ2n) is 5.45. The number of phenolic OH excluding ortho intramolecular Hbond substituents is 1. The lowest BCUT2D eigenvalue weighted by Gasteiger charge is -2.18. The van der Waals surface area contributed by atoms with Crippen molar-refractivity contribution in [1.82, 2.24) is 5.32 Å². The third-order valence-electron chi connectivity index (χ3n) is 3.71. The predicted molar refractivity (Wildman–Crippen MR) is 98.0 cm³/mol. The fourth-order valence-electron chi connectivity index (χ4n) is 2.34. The second kappa shape index (κ2) is 9.14. The van der Waals surface area contributed by atoms with Gasteiger partial charge in [-0.3, -0.25) is 4.79 Å². The van der Waals surface area contributed by atoms with Crippen molar-refractivity contribution in [3.63, 3.8) is 0 Å². The molecule has 2 rings (SSSR count). The van der Waals surface area contributed by atoms with Gasteiger partial charge in [-0.25, -0.2) is 0 Å². The number of phenols is 1. The van der Waals surface area contributed by atoms with E-state index in [1.165, 1.54) is 0 Å². The fourth-order valence-corrected chi connectivity index (χ4v) is 2.34. The molecule has 0 aliphatic heterocycles. The molecule has 2 aromatic carbocycles. The number of rotatable bonds is 7. The third-order valence-corrected chi connectivity index (χ3v) is 3.71. The highest BCUT2D eigenvalue weighted by atomic mass is 16.3. The Morgan fingerprint density at radius 3 is 2.48 bits per heavy atom. The van der Waals surface area contributed by atoms with E-state index < -0.39 is 5.91 Å². The number of carbonyl (C=O) groups is 1. The molecule has 0 aliphatic rings. The molecule has 0 spiro atoms. The topological polar surface area (TPSA) is 76.4 Å². The maximum Gasteiger partial charge on any atom is 0.263 e. The van der Waals surface area contributed by atoms with Crippen LogP contribution in [0.1, 0.15) is 12.5 Å². The van der Waals surface area contributed by atoms with Crippen LogP contribution in [0.25, 0.3) is 0 Å². The quantitative estimate of drug-likeness (QED) is 0.602. The Morgan fingerprint density at radius 1 is 1.20 bits per heavy atom. The van der Waals surface area contributed by atoms with E-state index in [4.69, 9.17) is 0 Å². The first-order chi connectivity index (χ1) is 12.1. The summed E-state index contributed by atoms with van der Waals surface area (Å²) in [5.74, 6) is -0.182. The minimum absolute atomic E-state index is 0.0661. The SMILES string of the molecule is CCN(/C=C(/C#N)C(=O)NCCc1ccc(O)cc1)c1ccccc1. The Bertz CT molecular complexity index is 762. The van der Waals surface area contributed by atoms with Crippen LogP contribution in [-0.4, -0.2) is 24.1 Å². The molecule has 0 fully saturated rings. The zero-order valence-corrected chi connectivity index (χ0v) is 14.1. The average molecular weight is 335 g/mol. The van der Waals surface area contributed by atoms with Crippen molar-refractivity contribution < 1.29 is 9.90 Å². The predicted octanol–water partition coefficient (Wildman–Crippen LogP) is 2.98. The van der Waals surface area contributed by atoms with Crippen LogP contribution in [0.4, 0.5) is 5.69 Å². The molecular formula is C20H21N3O2. The van der Waals surface area contributed by atoms with Gasteiger partial charge < -0.3 is 15.3 Å². The van der Waals surface area contributed by atoms with Crippen molar-refractivity contribution >= 4 is 11.6 Å². The molecule has 0 saturated carbocycles. The lowest BCUT2D eigenvalue weighted by molar-refractivity contribution is -0.117. The molecule has 128 valence electrons. The highest BCUT2D eigenvalue weighted by Crippen LogP contribution is 2.14. The van der Waals surface area contributed by atoms with E-state index >= 15 is 0 Å². The van der Waals surface area contributed by atoms with Gasteiger partial charge in [0.2, 0.25) is 0 Å². The van der Waals surface area contributed by atoms with Crippen LogP contribution in [0.15, 0.2) is 66.4 Å². The number of amides is 1. The molecule has 0 saturated heterocycles. The summed E-state index contributed by atoms with van der Waals surface area (Å²) in [6.07, 6.45) is 2.20. The zero-order chi connectivity index (χ0) is 18.1. The van der Waals surface area contributed by atoms with E-state index in [2.05, 4.69) is 5.32 Å². The summed E-state index contributed by atoms with van der Waals surface area (Å²) in [4.78, 5) is 14.1.